The van der Waals surface area contributed by atoms with Crippen LogP contribution in [0.25, 0.3) is 0 Å². The normalized spacial score (nSPS) is 10.7. The second-order valence-corrected chi connectivity index (χ2v) is 4.82. The van der Waals surface area contributed by atoms with E-state index >= 15 is 0 Å². The number of nitrogens with zero attached hydrogens (tertiary/aromatic N) is 2. The zero-order chi connectivity index (χ0) is 13.3. The van der Waals surface area contributed by atoms with Gasteiger partial charge in [0.05, 0.1) is 16.3 Å². The molecule has 6 heteroatoms. The van der Waals surface area contributed by atoms with E-state index < -0.39 is 11.6 Å². The Kier molecular flexibility index (Phi) is 3.47. The van der Waals surface area contributed by atoms with Crippen LogP contribution in [-0.2, 0) is 0 Å². The Morgan fingerprint density at radius 1 is 1.17 bits per heavy atom. The molecular weight excluding hydrogens is 256 g/mol. The van der Waals surface area contributed by atoms with Crippen molar-refractivity contribution in [3.63, 3.8) is 0 Å². The van der Waals surface area contributed by atoms with Gasteiger partial charge in [0.1, 0.15) is 16.7 Å². The van der Waals surface area contributed by atoms with Gasteiger partial charge in [-0.05, 0) is 26.0 Å². The standard InChI is InChI=1S/C12H11F2N3S/c1-6-5-16-7(2)12(17-6)18-11-9(13)3-8(15)4-10(11)14/h3-5H,15H2,1-2H3. The second kappa shape index (κ2) is 4.89. The highest BCUT2D eigenvalue weighted by Crippen LogP contribution is 2.33. The number of hydrogen-bond acceptors (Lipinski definition) is 4. The summed E-state index contributed by atoms with van der Waals surface area (Å²) in [6.45, 7) is 3.51. The summed E-state index contributed by atoms with van der Waals surface area (Å²) >= 11 is 0.911. The number of rotatable bonds is 2. The molecule has 0 unspecified atom stereocenters. The SMILES string of the molecule is Cc1cnc(C)c(Sc2c(F)cc(N)cc2F)n1. The third-order valence-corrected chi connectivity index (χ3v) is 3.43. The lowest BCUT2D eigenvalue weighted by atomic mass is 10.3. The fraction of sp³-hybridized carbons (Fsp3) is 0.167. The molecule has 0 atom stereocenters. The van der Waals surface area contributed by atoms with Gasteiger partial charge < -0.3 is 5.73 Å². The topological polar surface area (TPSA) is 51.8 Å². The van der Waals surface area contributed by atoms with Crippen molar-refractivity contribution in [2.75, 3.05) is 5.73 Å². The zero-order valence-corrected chi connectivity index (χ0v) is 10.7. The summed E-state index contributed by atoms with van der Waals surface area (Å²) < 4.78 is 27.3. The van der Waals surface area contributed by atoms with E-state index in [4.69, 9.17) is 5.73 Å². The minimum atomic E-state index is -0.694. The third-order valence-electron chi connectivity index (χ3n) is 2.25. The molecule has 1 aromatic heterocycles. The largest absolute Gasteiger partial charge is 0.399 e. The van der Waals surface area contributed by atoms with Crippen molar-refractivity contribution in [3.05, 3.63) is 41.4 Å². The Hall–Kier alpha value is -1.69. The average Bonchev–Trinajstić information content (AvgIpc) is 2.28. The molecule has 3 nitrogen and oxygen atoms in total. The lowest BCUT2D eigenvalue weighted by Gasteiger charge is -2.07. The van der Waals surface area contributed by atoms with Crippen LogP contribution in [-0.4, -0.2) is 9.97 Å². The quantitative estimate of drug-likeness (QED) is 0.849. The van der Waals surface area contributed by atoms with Crippen molar-refractivity contribution >= 4 is 17.4 Å². The number of hydrogen-bond donors (Lipinski definition) is 1. The minimum Gasteiger partial charge on any atom is -0.399 e. The summed E-state index contributed by atoms with van der Waals surface area (Å²) in [4.78, 5) is 8.19. The lowest BCUT2D eigenvalue weighted by Crippen LogP contribution is -1.96. The van der Waals surface area contributed by atoms with Crippen molar-refractivity contribution < 1.29 is 8.78 Å². The van der Waals surface area contributed by atoms with Gasteiger partial charge in [0.15, 0.2) is 0 Å². The Labute approximate surface area is 107 Å². The van der Waals surface area contributed by atoms with E-state index in [1.54, 1.807) is 20.0 Å². The Morgan fingerprint density at radius 2 is 1.78 bits per heavy atom. The molecule has 2 rings (SSSR count). The highest BCUT2D eigenvalue weighted by molar-refractivity contribution is 7.99. The molecule has 0 aliphatic carbocycles. The zero-order valence-electron chi connectivity index (χ0n) is 9.87. The van der Waals surface area contributed by atoms with E-state index in [9.17, 15) is 8.78 Å². The van der Waals surface area contributed by atoms with Crippen molar-refractivity contribution in [1.29, 1.82) is 0 Å². The second-order valence-electron chi connectivity index (χ2n) is 3.82. The number of benzene rings is 1. The van der Waals surface area contributed by atoms with Crippen LogP contribution in [0.4, 0.5) is 14.5 Å². The van der Waals surface area contributed by atoms with Crippen molar-refractivity contribution in [1.82, 2.24) is 9.97 Å². The first-order valence-electron chi connectivity index (χ1n) is 5.20. The predicted molar refractivity (Wildman–Crippen MR) is 66.4 cm³/mol. The molecule has 2 N–H and O–H groups in total. The summed E-state index contributed by atoms with van der Waals surface area (Å²) in [6, 6.07) is 2.17. The van der Waals surface area contributed by atoms with Crippen LogP contribution in [0.3, 0.4) is 0 Å². The predicted octanol–water partition coefficient (Wildman–Crippen LogP) is 3.11. The van der Waals surface area contributed by atoms with Gasteiger partial charge in [-0.2, -0.15) is 0 Å². The van der Waals surface area contributed by atoms with Crippen LogP contribution < -0.4 is 5.73 Å². The van der Waals surface area contributed by atoms with Gasteiger partial charge in [-0.25, -0.2) is 13.8 Å². The third kappa shape index (κ3) is 2.59. The van der Waals surface area contributed by atoms with Gasteiger partial charge in [0.25, 0.3) is 0 Å². The molecular formula is C12H11F2N3S. The van der Waals surface area contributed by atoms with E-state index in [1.165, 1.54) is 0 Å². The van der Waals surface area contributed by atoms with Crippen molar-refractivity contribution in [2.45, 2.75) is 23.8 Å². The van der Waals surface area contributed by atoms with Gasteiger partial charge in [-0.15, -0.1) is 0 Å². The number of aryl methyl sites for hydroxylation is 2. The van der Waals surface area contributed by atoms with E-state index in [2.05, 4.69) is 9.97 Å². The van der Waals surface area contributed by atoms with Crippen LogP contribution >= 0.6 is 11.8 Å². The molecule has 0 amide bonds. The highest BCUT2D eigenvalue weighted by Gasteiger charge is 2.14. The van der Waals surface area contributed by atoms with Gasteiger partial charge >= 0.3 is 0 Å². The highest BCUT2D eigenvalue weighted by atomic mass is 32.2. The fourth-order valence-corrected chi connectivity index (χ4v) is 2.28. The Balaban J connectivity index is 2.43. The molecule has 2 aromatic rings. The summed E-state index contributed by atoms with van der Waals surface area (Å²) in [7, 11) is 0. The molecule has 0 fully saturated rings. The first-order chi connectivity index (χ1) is 8.47. The van der Waals surface area contributed by atoms with E-state index in [-0.39, 0.29) is 10.6 Å². The van der Waals surface area contributed by atoms with Crippen molar-refractivity contribution in [2.24, 2.45) is 0 Å². The molecule has 0 saturated carbocycles. The average molecular weight is 267 g/mol. The summed E-state index contributed by atoms with van der Waals surface area (Å²) in [5.74, 6) is -1.39. The van der Waals surface area contributed by atoms with E-state index in [0.717, 1.165) is 23.9 Å². The van der Waals surface area contributed by atoms with Crippen molar-refractivity contribution in [3.8, 4) is 0 Å². The number of aromatic nitrogens is 2. The molecule has 1 heterocycles. The van der Waals surface area contributed by atoms with Crippen LogP contribution in [0, 0.1) is 25.5 Å². The number of nitrogens with two attached hydrogens (primary N) is 1. The van der Waals surface area contributed by atoms with Gasteiger partial charge in [0, 0.05) is 11.9 Å². The first kappa shape index (κ1) is 12.8. The van der Waals surface area contributed by atoms with E-state index in [0.29, 0.717) is 16.4 Å². The molecule has 0 aliphatic rings. The molecule has 94 valence electrons. The van der Waals surface area contributed by atoms with Crippen LogP contribution in [0.1, 0.15) is 11.4 Å². The molecule has 0 bridgehead atoms. The summed E-state index contributed by atoms with van der Waals surface area (Å²) in [5.41, 5.74) is 6.74. The van der Waals surface area contributed by atoms with Crippen LogP contribution in [0.2, 0.25) is 0 Å². The maximum atomic E-state index is 13.6. The maximum absolute atomic E-state index is 13.6. The Bertz CT molecular complexity index is 579. The number of halogens is 2. The van der Waals surface area contributed by atoms with Crippen LogP contribution in [0.15, 0.2) is 28.3 Å². The molecule has 18 heavy (non-hydrogen) atoms. The minimum absolute atomic E-state index is 0.0569. The Morgan fingerprint density at radius 3 is 2.39 bits per heavy atom. The van der Waals surface area contributed by atoms with Gasteiger partial charge in [-0.1, -0.05) is 11.8 Å². The van der Waals surface area contributed by atoms with Gasteiger partial charge in [-0.3, -0.25) is 4.98 Å². The van der Waals surface area contributed by atoms with Crippen LogP contribution in [0.5, 0.6) is 0 Å². The summed E-state index contributed by atoms with van der Waals surface area (Å²) in [6.07, 6.45) is 1.61. The molecule has 0 saturated heterocycles. The first-order valence-corrected chi connectivity index (χ1v) is 6.01. The monoisotopic (exact) mass is 267 g/mol. The number of nitrogen functional groups attached to an aromatic ring is 1. The van der Waals surface area contributed by atoms with Gasteiger partial charge in [0.2, 0.25) is 0 Å². The maximum Gasteiger partial charge on any atom is 0.142 e. The lowest BCUT2D eigenvalue weighted by molar-refractivity contribution is 0.541. The molecule has 0 radical (unpaired) electrons. The van der Waals surface area contributed by atoms with E-state index in [1.807, 2.05) is 0 Å². The molecule has 1 aromatic carbocycles. The summed E-state index contributed by atoms with van der Waals surface area (Å²) in [5, 5.41) is 0.484. The number of anilines is 1. The molecule has 0 aliphatic heterocycles. The fourth-order valence-electron chi connectivity index (χ4n) is 1.39. The molecule has 0 spiro atoms. The smallest absolute Gasteiger partial charge is 0.142 e.